The first-order chi connectivity index (χ1) is 9.99. The predicted octanol–water partition coefficient (Wildman–Crippen LogP) is 4.41. The lowest BCUT2D eigenvalue weighted by Crippen LogP contribution is -2.36. The van der Waals surface area contributed by atoms with Gasteiger partial charge >= 0.3 is 0 Å². The average molecular weight is 283 g/mol. The molecule has 2 rings (SSSR count). The van der Waals surface area contributed by atoms with E-state index < -0.39 is 0 Å². The molecule has 0 amide bonds. The van der Waals surface area contributed by atoms with Crippen LogP contribution in [0.3, 0.4) is 0 Å². The molecule has 2 N–H and O–H groups in total. The van der Waals surface area contributed by atoms with Gasteiger partial charge < -0.3 is 10.5 Å². The Morgan fingerprint density at radius 3 is 2.24 bits per heavy atom. The summed E-state index contributed by atoms with van der Waals surface area (Å²) in [5.74, 6) is 1.26. The summed E-state index contributed by atoms with van der Waals surface area (Å²) in [4.78, 5) is 0. The van der Waals surface area contributed by atoms with E-state index in [1.807, 2.05) is 18.2 Å². The van der Waals surface area contributed by atoms with E-state index in [0.717, 1.165) is 16.9 Å². The molecule has 0 aromatic heterocycles. The van der Waals surface area contributed by atoms with E-state index in [9.17, 15) is 0 Å². The van der Waals surface area contributed by atoms with E-state index in [1.165, 1.54) is 5.56 Å². The molecular formula is C19H25NO. The maximum absolute atomic E-state index is 6.45. The molecule has 0 aliphatic rings. The van der Waals surface area contributed by atoms with Crippen molar-refractivity contribution in [1.82, 2.24) is 0 Å². The Labute approximate surface area is 127 Å². The summed E-state index contributed by atoms with van der Waals surface area (Å²) in [6.07, 6.45) is -0.0482. The van der Waals surface area contributed by atoms with Crippen LogP contribution >= 0.6 is 0 Å². The van der Waals surface area contributed by atoms with Crippen LogP contribution in [0.2, 0.25) is 0 Å². The highest BCUT2D eigenvalue weighted by Gasteiger charge is 2.25. The Hall–Kier alpha value is -1.80. The highest BCUT2D eigenvalue weighted by atomic mass is 16.5. The van der Waals surface area contributed by atoms with Crippen molar-refractivity contribution < 1.29 is 4.74 Å². The van der Waals surface area contributed by atoms with E-state index in [-0.39, 0.29) is 12.1 Å². The van der Waals surface area contributed by atoms with Crippen LogP contribution in [0, 0.1) is 19.8 Å². The van der Waals surface area contributed by atoms with Crippen LogP contribution in [0.15, 0.2) is 48.5 Å². The van der Waals surface area contributed by atoms with Gasteiger partial charge in [0.1, 0.15) is 11.9 Å². The highest BCUT2D eigenvalue weighted by Crippen LogP contribution is 2.27. The number of ether oxygens (including phenoxy) is 1. The molecule has 0 heterocycles. The van der Waals surface area contributed by atoms with Crippen LogP contribution < -0.4 is 10.5 Å². The smallest absolute Gasteiger partial charge is 0.123 e. The largest absolute Gasteiger partial charge is 0.488 e. The minimum Gasteiger partial charge on any atom is -0.488 e. The summed E-state index contributed by atoms with van der Waals surface area (Å²) in [5.41, 5.74) is 9.91. The number of benzene rings is 2. The van der Waals surface area contributed by atoms with Gasteiger partial charge in [0.05, 0.1) is 6.04 Å². The first kappa shape index (κ1) is 15.6. The van der Waals surface area contributed by atoms with Crippen LogP contribution in [0.4, 0.5) is 0 Å². The Balaban J connectivity index is 2.25. The first-order valence-corrected chi connectivity index (χ1v) is 7.53. The van der Waals surface area contributed by atoms with Crippen molar-refractivity contribution in [1.29, 1.82) is 0 Å². The van der Waals surface area contributed by atoms with Crippen LogP contribution in [-0.4, -0.2) is 6.10 Å². The normalized spacial score (nSPS) is 14.0. The quantitative estimate of drug-likeness (QED) is 0.882. The molecule has 2 nitrogen and oxygen atoms in total. The topological polar surface area (TPSA) is 35.2 Å². The Bertz CT molecular complexity index is 577. The monoisotopic (exact) mass is 283 g/mol. The van der Waals surface area contributed by atoms with E-state index in [4.69, 9.17) is 10.5 Å². The van der Waals surface area contributed by atoms with Crippen molar-refractivity contribution in [2.75, 3.05) is 0 Å². The van der Waals surface area contributed by atoms with Crippen molar-refractivity contribution in [3.8, 4) is 5.75 Å². The van der Waals surface area contributed by atoms with Crippen molar-refractivity contribution in [3.63, 3.8) is 0 Å². The van der Waals surface area contributed by atoms with Crippen molar-refractivity contribution in [2.45, 2.75) is 39.8 Å². The molecule has 2 aromatic carbocycles. The van der Waals surface area contributed by atoms with Crippen LogP contribution in [0.1, 0.15) is 36.6 Å². The number of aryl methyl sites for hydroxylation is 2. The van der Waals surface area contributed by atoms with Crippen molar-refractivity contribution in [3.05, 3.63) is 65.2 Å². The molecule has 0 aliphatic heterocycles. The molecule has 0 spiro atoms. The third kappa shape index (κ3) is 3.85. The van der Waals surface area contributed by atoms with Gasteiger partial charge in [0, 0.05) is 0 Å². The highest BCUT2D eigenvalue weighted by molar-refractivity contribution is 5.36. The SMILES string of the molecule is Cc1ccc(C)c(OC(C(C)C)C(N)c2ccccc2)c1. The van der Waals surface area contributed by atoms with Crippen LogP contribution in [-0.2, 0) is 0 Å². The fourth-order valence-electron chi connectivity index (χ4n) is 2.47. The van der Waals surface area contributed by atoms with E-state index in [2.05, 4.69) is 58.0 Å². The van der Waals surface area contributed by atoms with Gasteiger partial charge in [-0.1, -0.05) is 56.3 Å². The molecule has 21 heavy (non-hydrogen) atoms. The second kappa shape index (κ2) is 6.77. The summed E-state index contributed by atoms with van der Waals surface area (Å²) in [6.45, 7) is 8.45. The number of hydrogen-bond acceptors (Lipinski definition) is 2. The number of rotatable bonds is 5. The van der Waals surface area contributed by atoms with Crippen molar-refractivity contribution in [2.24, 2.45) is 11.7 Å². The van der Waals surface area contributed by atoms with Crippen LogP contribution in [0.5, 0.6) is 5.75 Å². The van der Waals surface area contributed by atoms with Crippen LogP contribution in [0.25, 0.3) is 0 Å². The van der Waals surface area contributed by atoms with Gasteiger partial charge in [0.2, 0.25) is 0 Å². The summed E-state index contributed by atoms with van der Waals surface area (Å²) < 4.78 is 6.28. The Morgan fingerprint density at radius 2 is 1.62 bits per heavy atom. The maximum Gasteiger partial charge on any atom is 0.123 e. The zero-order valence-electron chi connectivity index (χ0n) is 13.3. The molecule has 112 valence electrons. The number of nitrogens with two attached hydrogens (primary N) is 1. The minimum absolute atomic E-state index is 0.0482. The molecule has 2 aromatic rings. The molecule has 0 radical (unpaired) electrons. The molecular weight excluding hydrogens is 258 g/mol. The van der Waals surface area contributed by atoms with Gasteiger partial charge in [-0.15, -0.1) is 0 Å². The lowest BCUT2D eigenvalue weighted by atomic mass is 9.94. The first-order valence-electron chi connectivity index (χ1n) is 7.53. The third-order valence-corrected chi connectivity index (χ3v) is 3.80. The molecule has 0 saturated heterocycles. The molecule has 0 fully saturated rings. The standard InChI is InChI=1S/C19H25NO/c1-13(2)19(18(20)16-8-6-5-7-9-16)21-17-12-14(3)10-11-15(17)4/h5-13,18-19H,20H2,1-4H3. The summed E-state index contributed by atoms with van der Waals surface area (Å²) in [5, 5.41) is 0. The summed E-state index contributed by atoms with van der Waals surface area (Å²) in [6, 6.07) is 16.3. The van der Waals surface area contributed by atoms with Gasteiger partial charge in [0.25, 0.3) is 0 Å². The fourth-order valence-corrected chi connectivity index (χ4v) is 2.47. The van der Waals surface area contributed by atoms with E-state index in [0.29, 0.717) is 5.92 Å². The van der Waals surface area contributed by atoms with E-state index in [1.54, 1.807) is 0 Å². The Kier molecular flexibility index (Phi) is 5.03. The van der Waals surface area contributed by atoms with Crippen molar-refractivity contribution >= 4 is 0 Å². The summed E-state index contributed by atoms with van der Waals surface area (Å²) in [7, 11) is 0. The molecule has 2 heteroatoms. The van der Waals surface area contributed by atoms with Gasteiger partial charge in [0.15, 0.2) is 0 Å². The molecule has 0 bridgehead atoms. The zero-order chi connectivity index (χ0) is 15.4. The zero-order valence-corrected chi connectivity index (χ0v) is 13.3. The second-order valence-electron chi connectivity index (χ2n) is 6.03. The van der Waals surface area contributed by atoms with Gasteiger partial charge in [-0.2, -0.15) is 0 Å². The Morgan fingerprint density at radius 1 is 0.952 bits per heavy atom. The molecule has 2 atom stereocenters. The second-order valence-corrected chi connectivity index (χ2v) is 6.03. The van der Waals surface area contributed by atoms with Gasteiger partial charge in [-0.25, -0.2) is 0 Å². The fraction of sp³-hybridized carbons (Fsp3) is 0.368. The average Bonchev–Trinajstić information content (AvgIpc) is 2.48. The third-order valence-electron chi connectivity index (χ3n) is 3.80. The van der Waals surface area contributed by atoms with E-state index >= 15 is 0 Å². The maximum atomic E-state index is 6.45. The molecule has 0 saturated carbocycles. The van der Waals surface area contributed by atoms with Gasteiger partial charge in [-0.3, -0.25) is 0 Å². The lowest BCUT2D eigenvalue weighted by Gasteiger charge is -2.29. The predicted molar refractivity (Wildman–Crippen MR) is 88.5 cm³/mol. The minimum atomic E-state index is -0.133. The van der Waals surface area contributed by atoms with Gasteiger partial charge in [-0.05, 0) is 42.5 Å². The number of hydrogen-bond donors (Lipinski definition) is 1. The molecule has 0 aliphatic carbocycles. The summed E-state index contributed by atoms with van der Waals surface area (Å²) >= 11 is 0. The molecule has 2 unspecified atom stereocenters. The lowest BCUT2D eigenvalue weighted by molar-refractivity contribution is 0.122.